The van der Waals surface area contributed by atoms with Gasteiger partial charge in [-0.05, 0) is 12.8 Å². The highest BCUT2D eigenvalue weighted by Crippen LogP contribution is 2.39. The van der Waals surface area contributed by atoms with Crippen molar-refractivity contribution < 1.29 is 32.8 Å². The van der Waals surface area contributed by atoms with Crippen molar-refractivity contribution in [3.8, 4) is 0 Å². The van der Waals surface area contributed by atoms with Crippen molar-refractivity contribution in [3.05, 3.63) is 0 Å². The van der Waals surface area contributed by atoms with Gasteiger partial charge in [0.1, 0.15) is 0 Å². The van der Waals surface area contributed by atoms with Crippen molar-refractivity contribution in [2.75, 3.05) is 0 Å². The standard InChI is InChI=1S/C20H38O7S.2H3N/c1-3-5-7-9-11-13-15-20(19(23)24,16-14-12-10-8-6-4-2)17(18(21)22)28(25,26)27;;/h17H,3-16H2,1-2H3,(H,21,22)(H,23,24)(H,25,26,27);2*1H3. The molecule has 0 amide bonds. The van der Waals surface area contributed by atoms with Crippen LogP contribution in [0, 0.1) is 5.41 Å². The van der Waals surface area contributed by atoms with Crippen LogP contribution in [0.1, 0.15) is 104 Å². The average molecular weight is 457 g/mol. The fraction of sp³-hybridized carbons (Fsp3) is 0.900. The Balaban J connectivity index is -0.00000364. The van der Waals surface area contributed by atoms with E-state index in [1.807, 2.05) is 0 Å². The number of carboxylic acids is 2. The monoisotopic (exact) mass is 456 g/mol. The third-order valence-corrected chi connectivity index (χ3v) is 6.65. The Morgan fingerprint density at radius 3 is 1.33 bits per heavy atom. The van der Waals surface area contributed by atoms with E-state index in [2.05, 4.69) is 13.8 Å². The van der Waals surface area contributed by atoms with Crippen LogP contribution in [0.4, 0.5) is 0 Å². The highest BCUT2D eigenvalue weighted by Gasteiger charge is 2.55. The number of rotatable bonds is 18. The molecule has 1 unspecified atom stereocenters. The summed E-state index contributed by atoms with van der Waals surface area (Å²) in [5.41, 5.74) is -2.01. The van der Waals surface area contributed by atoms with Gasteiger partial charge in [0, 0.05) is 0 Å². The summed E-state index contributed by atoms with van der Waals surface area (Å²) in [6, 6.07) is 0. The summed E-state index contributed by atoms with van der Waals surface area (Å²) < 4.78 is 33.1. The first-order valence-electron chi connectivity index (χ1n) is 10.6. The van der Waals surface area contributed by atoms with Gasteiger partial charge in [-0.3, -0.25) is 14.1 Å². The average Bonchev–Trinajstić information content (AvgIpc) is 2.58. The van der Waals surface area contributed by atoms with E-state index in [9.17, 15) is 32.8 Å². The van der Waals surface area contributed by atoms with Crippen LogP contribution in [-0.4, -0.2) is 40.4 Å². The lowest BCUT2D eigenvalue weighted by molar-refractivity contribution is -0.156. The molecule has 0 fully saturated rings. The minimum Gasteiger partial charge on any atom is -0.481 e. The summed E-state index contributed by atoms with van der Waals surface area (Å²) in [5, 5.41) is 16.9. The van der Waals surface area contributed by atoms with E-state index in [1.165, 1.54) is 0 Å². The maximum Gasteiger partial charge on any atom is 0.325 e. The van der Waals surface area contributed by atoms with Gasteiger partial charge in [-0.2, -0.15) is 8.42 Å². The molecule has 30 heavy (non-hydrogen) atoms. The molecule has 0 aromatic rings. The highest BCUT2D eigenvalue weighted by atomic mass is 32.2. The SMILES string of the molecule is CCCCCCCCC(CCCCCCCC)(C(=O)O)C(C(=O)O)S(=O)(=O)O.N.N. The van der Waals surface area contributed by atoms with Crippen molar-refractivity contribution in [2.45, 2.75) is 109 Å². The molecular weight excluding hydrogens is 412 g/mol. The lowest BCUT2D eigenvalue weighted by Crippen LogP contribution is -2.51. The summed E-state index contributed by atoms with van der Waals surface area (Å²) in [6.07, 6.45) is 10.2. The predicted octanol–water partition coefficient (Wildman–Crippen LogP) is 5.22. The van der Waals surface area contributed by atoms with Crippen LogP contribution >= 0.6 is 0 Å². The zero-order chi connectivity index (χ0) is 21.6. The van der Waals surface area contributed by atoms with Gasteiger partial charge in [0.15, 0.2) is 5.25 Å². The van der Waals surface area contributed by atoms with E-state index in [4.69, 9.17) is 0 Å². The van der Waals surface area contributed by atoms with E-state index in [1.54, 1.807) is 0 Å². The van der Waals surface area contributed by atoms with Crippen LogP contribution in [-0.2, 0) is 19.7 Å². The zero-order valence-electron chi connectivity index (χ0n) is 18.8. The number of carboxylic acid groups (broad SMARTS) is 2. The fourth-order valence-corrected chi connectivity index (χ4v) is 4.97. The Hall–Kier alpha value is -1.23. The topological polar surface area (TPSA) is 199 Å². The molecule has 0 saturated heterocycles. The predicted molar refractivity (Wildman–Crippen MR) is 119 cm³/mol. The maximum atomic E-state index is 12.1. The smallest absolute Gasteiger partial charge is 0.325 e. The lowest BCUT2D eigenvalue weighted by Gasteiger charge is -2.33. The van der Waals surface area contributed by atoms with Crippen LogP contribution in [0.15, 0.2) is 0 Å². The first kappa shape index (κ1) is 33.4. The molecule has 0 aliphatic heterocycles. The molecule has 0 aliphatic carbocycles. The van der Waals surface area contributed by atoms with Crippen LogP contribution in [0.3, 0.4) is 0 Å². The second-order valence-electron chi connectivity index (χ2n) is 7.73. The zero-order valence-corrected chi connectivity index (χ0v) is 19.6. The summed E-state index contributed by atoms with van der Waals surface area (Å²) in [7, 11) is -5.05. The van der Waals surface area contributed by atoms with E-state index >= 15 is 0 Å². The van der Waals surface area contributed by atoms with Crippen LogP contribution in [0.25, 0.3) is 0 Å². The van der Waals surface area contributed by atoms with Crippen molar-refractivity contribution in [3.63, 3.8) is 0 Å². The molecule has 0 heterocycles. The summed E-state index contributed by atoms with van der Waals surface area (Å²) in [6.45, 7) is 4.17. The van der Waals surface area contributed by atoms with Gasteiger partial charge < -0.3 is 22.5 Å². The van der Waals surface area contributed by atoms with E-state index in [-0.39, 0.29) is 25.1 Å². The van der Waals surface area contributed by atoms with Crippen LogP contribution in [0.5, 0.6) is 0 Å². The van der Waals surface area contributed by atoms with Gasteiger partial charge in [0.2, 0.25) is 0 Å². The summed E-state index contributed by atoms with van der Waals surface area (Å²) >= 11 is 0. The van der Waals surface area contributed by atoms with Gasteiger partial charge in [-0.1, -0.05) is 90.9 Å². The lowest BCUT2D eigenvalue weighted by atomic mass is 9.74. The van der Waals surface area contributed by atoms with E-state index in [0.29, 0.717) is 25.7 Å². The highest BCUT2D eigenvalue weighted by molar-refractivity contribution is 7.87. The number of hydrogen-bond donors (Lipinski definition) is 5. The first-order valence-corrected chi connectivity index (χ1v) is 12.1. The Morgan fingerprint density at radius 1 is 0.733 bits per heavy atom. The minimum atomic E-state index is -5.05. The molecule has 0 aromatic carbocycles. The molecule has 182 valence electrons. The third-order valence-electron chi connectivity index (χ3n) is 5.40. The minimum absolute atomic E-state index is 0. The molecule has 0 saturated carbocycles. The number of unbranched alkanes of at least 4 members (excludes halogenated alkanes) is 10. The van der Waals surface area contributed by atoms with E-state index < -0.39 is 32.7 Å². The normalized spacial score (nSPS) is 12.5. The molecule has 1 atom stereocenters. The Morgan fingerprint density at radius 2 is 1.07 bits per heavy atom. The molecular formula is C20H44N2O7S. The molecule has 9 nitrogen and oxygen atoms in total. The molecule has 10 heteroatoms. The molecule has 0 bridgehead atoms. The van der Waals surface area contributed by atoms with Crippen molar-refractivity contribution in [2.24, 2.45) is 5.41 Å². The Bertz CT molecular complexity index is 552. The number of carbonyl (C=O) groups is 2. The van der Waals surface area contributed by atoms with Gasteiger partial charge >= 0.3 is 11.9 Å². The molecule has 0 radical (unpaired) electrons. The Kier molecular flexibility index (Phi) is 19.4. The molecule has 0 spiro atoms. The molecule has 0 aliphatic rings. The fourth-order valence-electron chi connectivity index (χ4n) is 3.80. The number of aliphatic carboxylic acids is 2. The molecule has 9 N–H and O–H groups in total. The second kappa shape index (κ2) is 17.5. The quantitative estimate of drug-likeness (QED) is 0.135. The van der Waals surface area contributed by atoms with Crippen molar-refractivity contribution >= 4 is 22.1 Å². The van der Waals surface area contributed by atoms with Gasteiger partial charge in [-0.15, -0.1) is 0 Å². The molecule has 0 rings (SSSR count). The second-order valence-corrected chi connectivity index (χ2v) is 9.23. The van der Waals surface area contributed by atoms with Gasteiger partial charge in [0.05, 0.1) is 5.41 Å². The van der Waals surface area contributed by atoms with Crippen LogP contribution in [0.2, 0.25) is 0 Å². The van der Waals surface area contributed by atoms with Crippen molar-refractivity contribution in [1.82, 2.24) is 12.3 Å². The van der Waals surface area contributed by atoms with Crippen LogP contribution < -0.4 is 12.3 Å². The third kappa shape index (κ3) is 11.8. The largest absolute Gasteiger partial charge is 0.481 e. The van der Waals surface area contributed by atoms with E-state index in [0.717, 1.165) is 51.4 Å². The summed E-state index contributed by atoms with van der Waals surface area (Å²) in [4.78, 5) is 23.8. The molecule has 0 aromatic heterocycles. The summed E-state index contributed by atoms with van der Waals surface area (Å²) in [5.74, 6) is -3.26. The Labute approximate surface area is 181 Å². The van der Waals surface area contributed by atoms with Gasteiger partial charge in [-0.25, -0.2) is 0 Å². The maximum absolute atomic E-state index is 12.1. The van der Waals surface area contributed by atoms with Crippen molar-refractivity contribution in [1.29, 1.82) is 0 Å². The first-order chi connectivity index (χ1) is 13.1. The van der Waals surface area contributed by atoms with Gasteiger partial charge in [0.25, 0.3) is 10.1 Å². The number of hydrogen-bond acceptors (Lipinski definition) is 6.